The van der Waals surface area contributed by atoms with Crippen LogP contribution in [0.2, 0.25) is 5.02 Å². The van der Waals surface area contributed by atoms with Crippen molar-refractivity contribution in [2.45, 2.75) is 18.9 Å². The SMILES string of the molecule is CCC(CNC(=O)c1cccc(Cl)c1)(OC)c1ccccc1. The Morgan fingerprint density at radius 3 is 2.50 bits per heavy atom. The van der Waals surface area contributed by atoms with E-state index in [1.807, 2.05) is 37.3 Å². The lowest BCUT2D eigenvalue weighted by Crippen LogP contribution is -2.41. The van der Waals surface area contributed by atoms with Crippen LogP contribution in [0.3, 0.4) is 0 Å². The van der Waals surface area contributed by atoms with E-state index in [1.165, 1.54) is 0 Å². The van der Waals surface area contributed by atoms with Gasteiger partial charge >= 0.3 is 0 Å². The molecule has 2 aromatic carbocycles. The molecule has 3 nitrogen and oxygen atoms in total. The first-order valence-corrected chi connectivity index (χ1v) is 7.63. The summed E-state index contributed by atoms with van der Waals surface area (Å²) in [5.74, 6) is -0.159. The zero-order valence-corrected chi connectivity index (χ0v) is 13.6. The highest BCUT2D eigenvalue weighted by molar-refractivity contribution is 6.30. The van der Waals surface area contributed by atoms with Gasteiger partial charge in [-0.3, -0.25) is 4.79 Å². The lowest BCUT2D eigenvalue weighted by molar-refractivity contribution is -0.0164. The van der Waals surface area contributed by atoms with E-state index in [4.69, 9.17) is 16.3 Å². The van der Waals surface area contributed by atoms with E-state index in [2.05, 4.69) is 5.32 Å². The molecule has 0 heterocycles. The Morgan fingerprint density at radius 2 is 1.91 bits per heavy atom. The zero-order chi connectivity index (χ0) is 16.0. The molecule has 1 unspecified atom stereocenters. The van der Waals surface area contributed by atoms with Gasteiger partial charge in [-0.1, -0.05) is 54.9 Å². The Hall–Kier alpha value is -1.84. The van der Waals surface area contributed by atoms with Gasteiger partial charge in [-0.2, -0.15) is 0 Å². The highest BCUT2D eigenvalue weighted by Crippen LogP contribution is 2.28. The molecule has 1 amide bonds. The van der Waals surface area contributed by atoms with Crippen molar-refractivity contribution in [1.29, 1.82) is 0 Å². The molecule has 0 aliphatic heterocycles. The average Bonchev–Trinajstić information content (AvgIpc) is 2.57. The Kier molecular flexibility index (Phi) is 5.58. The molecule has 2 aromatic rings. The molecule has 0 aromatic heterocycles. The van der Waals surface area contributed by atoms with Crippen LogP contribution in [-0.4, -0.2) is 19.6 Å². The number of amides is 1. The van der Waals surface area contributed by atoms with Gasteiger partial charge in [-0.05, 0) is 30.2 Å². The molecule has 0 saturated heterocycles. The maximum absolute atomic E-state index is 12.3. The third-order valence-electron chi connectivity index (χ3n) is 3.88. The molecular formula is C18H20ClNO2. The minimum Gasteiger partial charge on any atom is -0.372 e. The Balaban J connectivity index is 2.14. The summed E-state index contributed by atoms with van der Waals surface area (Å²) in [6.45, 7) is 2.44. The van der Waals surface area contributed by atoms with E-state index in [0.29, 0.717) is 17.1 Å². The van der Waals surface area contributed by atoms with E-state index in [9.17, 15) is 4.79 Å². The second-order valence-corrected chi connectivity index (χ2v) is 5.55. The first-order valence-electron chi connectivity index (χ1n) is 7.26. The molecule has 0 fully saturated rings. The van der Waals surface area contributed by atoms with Crippen molar-refractivity contribution in [3.05, 3.63) is 70.7 Å². The van der Waals surface area contributed by atoms with Gasteiger partial charge in [0, 0.05) is 17.7 Å². The van der Waals surface area contributed by atoms with Crippen LogP contribution >= 0.6 is 11.6 Å². The van der Waals surface area contributed by atoms with Gasteiger partial charge < -0.3 is 10.1 Å². The maximum atomic E-state index is 12.3. The number of halogens is 1. The van der Waals surface area contributed by atoms with Gasteiger partial charge in [0.15, 0.2) is 0 Å². The molecule has 4 heteroatoms. The number of benzene rings is 2. The fraction of sp³-hybridized carbons (Fsp3) is 0.278. The van der Waals surface area contributed by atoms with E-state index < -0.39 is 5.60 Å². The maximum Gasteiger partial charge on any atom is 0.251 e. The Morgan fingerprint density at radius 1 is 1.18 bits per heavy atom. The molecule has 0 bridgehead atoms. The number of hydrogen-bond donors (Lipinski definition) is 1. The van der Waals surface area contributed by atoms with E-state index in [-0.39, 0.29) is 5.91 Å². The fourth-order valence-electron chi connectivity index (χ4n) is 2.46. The number of ether oxygens (including phenoxy) is 1. The van der Waals surface area contributed by atoms with Crippen LogP contribution in [0.5, 0.6) is 0 Å². The fourth-order valence-corrected chi connectivity index (χ4v) is 2.65. The third-order valence-corrected chi connectivity index (χ3v) is 4.12. The van der Waals surface area contributed by atoms with E-state index in [0.717, 1.165) is 12.0 Å². The monoisotopic (exact) mass is 317 g/mol. The average molecular weight is 318 g/mol. The number of carbonyl (C=O) groups is 1. The molecule has 22 heavy (non-hydrogen) atoms. The molecule has 0 saturated carbocycles. The molecule has 2 rings (SSSR count). The highest BCUT2D eigenvalue weighted by atomic mass is 35.5. The predicted octanol–water partition coefficient (Wildman–Crippen LogP) is 4.02. The Labute approximate surface area is 136 Å². The van der Waals surface area contributed by atoms with Crippen molar-refractivity contribution < 1.29 is 9.53 Å². The molecule has 0 spiro atoms. The van der Waals surface area contributed by atoms with Crippen LogP contribution in [0.1, 0.15) is 29.3 Å². The first kappa shape index (κ1) is 16.5. The van der Waals surface area contributed by atoms with Gasteiger partial charge in [0.1, 0.15) is 5.60 Å². The lowest BCUT2D eigenvalue weighted by Gasteiger charge is -2.32. The largest absolute Gasteiger partial charge is 0.372 e. The lowest BCUT2D eigenvalue weighted by atomic mass is 9.90. The topological polar surface area (TPSA) is 38.3 Å². The number of rotatable bonds is 6. The number of hydrogen-bond acceptors (Lipinski definition) is 2. The second kappa shape index (κ2) is 7.43. The molecule has 116 valence electrons. The zero-order valence-electron chi connectivity index (χ0n) is 12.8. The van der Waals surface area contributed by atoms with Crippen LogP contribution in [0.4, 0.5) is 0 Å². The van der Waals surface area contributed by atoms with Gasteiger partial charge in [0.05, 0.1) is 6.54 Å². The highest BCUT2D eigenvalue weighted by Gasteiger charge is 2.30. The van der Waals surface area contributed by atoms with Crippen LogP contribution < -0.4 is 5.32 Å². The second-order valence-electron chi connectivity index (χ2n) is 5.11. The molecule has 0 aliphatic rings. The minimum absolute atomic E-state index is 0.159. The van der Waals surface area contributed by atoms with Crippen molar-refractivity contribution in [2.75, 3.05) is 13.7 Å². The smallest absolute Gasteiger partial charge is 0.251 e. The summed E-state index contributed by atoms with van der Waals surface area (Å²) in [6, 6.07) is 16.8. The molecule has 0 radical (unpaired) electrons. The summed E-state index contributed by atoms with van der Waals surface area (Å²) in [4.78, 5) is 12.3. The molecule has 0 aliphatic carbocycles. The van der Waals surface area contributed by atoms with Crippen molar-refractivity contribution in [3.63, 3.8) is 0 Å². The van der Waals surface area contributed by atoms with Gasteiger partial charge in [0.25, 0.3) is 5.91 Å². The van der Waals surface area contributed by atoms with Crippen molar-refractivity contribution in [2.24, 2.45) is 0 Å². The normalized spacial score (nSPS) is 13.4. The molecule has 1 N–H and O–H groups in total. The predicted molar refractivity (Wildman–Crippen MR) is 89.2 cm³/mol. The standard InChI is InChI=1S/C18H20ClNO2/c1-3-18(22-2,15-9-5-4-6-10-15)13-20-17(21)14-8-7-11-16(19)12-14/h4-12H,3,13H2,1-2H3,(H,20,21). The number of carbonyl (C=O) groups excluding carboxylic acids is 1. The van der Waals surface area contributed by atoms with Crippen molar-refractivity contribution >= 4 is 17.5 Å². The minimum atomic E-state index is -0.532. The summed E-state index contributed by atoms with van der Waals surface area (Å²) in [7, 11) is 1.67. The number of nitrogens with one attached hydrogen (secondary N) is 1. The quantitative estimate of drug-likeness (QED) is 0.873. The summed E-state index contributed by atoms with van der Waals surface area (Å²) >= 11 is 5.92. The van der Waals surface area contributed by atoms with E-state index >= 15 is 0 Å². The van der Waals surface area contributed by atoms with Crippen molar-refractivity contribution in [3.8, 4) is 0 Å². The van der Waals surface area contributed by atoms with Gasteiger partial charge in [0.2, 0.25) is 0 Å². The number of methoxy groups -OCH3 is 1. The summed E-state index contributed by atoms with van der Waals surface area (Å²) in [5.41, 5.74) is 1.06. The first-order chi connectivity index (χ1) is 10.6. The summed E-state index contributed by atoms with van der Waals surface area (Å²) in [6.07, 6.45) is 0.753. The van der Waals surface area contributed by atoms with Crippen LogP contribution in [-0.2, 0) is 10.3 Å². The third kappa shape index (κ3) is 3.67. The molecule has 1 atom stereocenters. The van der Waals surface area contributed by atoms with Crippen LogP contribution in [0.25, 0.3) is 0 Å². The van der Waals surface area contributed by atoms with Crippen molar-refractivity contribution in [1.82, 2.24) is 5.32 Å². The summed E-state index contributed by atoms with van der Waals surface area (Å²) < 4.78 is 5.74. The van der Waals surface area contributed by atoms with Gasteiger partial charge in [-0.25, -0.2) is 0 Å². The summed E-state index contributed by atoms with van der Waals surface area (Å²) in [5, 5.41) is 3.49. The van der Waals surface area contributed by atoms with Crippen LogP contribution in [0.15, 0.2) is 54.6 Å². The van der Waals surface area contributed by atoms with Crippen LogP contribution in [0, 0.1) is 0 Å². The van der Waals surface area contributed by atoms with Gasteiger partial charge in [-0.15, -0.1) is 0 Å². The van der Waals surface area contributed by atoms with E-state index in [1.54, 1.807) is 31.4 Å². The molecular weight excluding hydrogens is 298 g/mol. The Bertz CT molecular complexity index is 624.